The molecule has 0 unspecified atom stereocenters. The Morgan fingerprint density at radius 1 is 1.39 bits per heavy atom. The minimum atomic E-state index is -3.97. The van der Waals surface area contributed by atoms with E-state index in [9.17, 15) is 8.42 Å². The first-order valence-electron chi connectivity index (χ1n) is 4.80. The average Bonchev–Trinajstić information content (AvgIpc) is 2.30. The Morgan fingerprint density at radius 3 is 2.44 bits per heavy atom. The number of hydrogen-bond acceptors (Lipinski definition) is 5. The number of nitrogens with two attached hydrogens (primary N) is 1. The van der Waals surface area contributed by atoms with Gasteiger partial charge in [0.15, 0.2) is 0 Å². The van der Waals surface area contributed by atoms with E-state index in [1.54, 1.807) is 0 Å². The smallest absolute Gasteiger partial charge is 0.242 e. The van der Waals surface area contributed by atoms with Crippen LogP contribution in [0.4, 0.5) is 5.69 Å². The molecule has 1 rings (SSSR count). The molecule has 0 heterocycles. The van der Waals surface area contributed by atoms with Crippen molar-refractivity contribution in [3.63, 3.8) is 0 Å². The van der Waals surface area contributed by atoms with Crippen molar-refractivity contribution in [2.45, 2.75) is 10.9 Å². The molecular formula is C9H12BrClN2O4S. The van der Waals surface area contributed by atoms with Crippen molar-refractivity contribution in [1.82, 2.24) is 4.72 Å². The third-order valence-corrected chi connectivity index (χ3v) is 4.99. The van der Waals surface area contributed by atoms with Gasteiger partial charge in [-0.05, 0) is 28.1 Å². The highest BCUT2D eigenvalue weighted by molar-refractivity contribution is 9.10. The molecule has 1 aromatic rings. The Balaban J connectivity index is 3.20. The second-order valence-corrected chi connectivity index (χ2v) is 6.41. The van der Waals surface area contributed by atoms with Crippen LogP contribution in [-0.4, -0.2) is 37.9 Å². The second-order valence-electron chi connectivity index (χ2n) is 3.50. The van der Waals surface area contributed by atoms with Crippen LogP contribution in [0.25, 0.3) is 0 Å². The lowest BCUT2D eigenvalue weighted by Crippen LogP contribution is -2.40. The quantitative estimate of drug-likeness (QED) is 0.565. The molecule has 0 fully saturated rings. The largest absolute Gasteiger partial charge is 0.399 e. The van der Waals surface area contributed by atoms with Gasteiger partial charge in [-0.3, -0.25) is 0 Å². The summed E-state index contributed by atoms with van der Waals surface area (Å²) < 4.78 is 26.4. The van der Waals surface area contributed by atoms with Crippen LogP contribution in [0.3, 0.4) is 0 Å². The molecule has 9 heteroatoms. The molecule has 1 aromatic carbocycles. The van der Waals surface area contributed by atoms with E-state index in [1.165, 1.54) is 12.1 Å². The molecular weight excluding hydrogens is 348 g/mol. The third kappa shape index (κ3) is 3.56. The molecule has 18 heavy (non-hydrogen) atoms. The molecule has 0 bridgehead atoms. The number of anilines is 1. The number of nitrogen functional groups attached to an aromatic ring is 1. The summed E-state index contributed by atoms with van der Waals surface area (Å²) >= 11 is 8.96. The number of aliphatic hydroxyl groups excluding tert-OH is 2. The van der Waals surface area contributed by atoms with Gasteiger partial charge in [0.2, 0.25) is 10.0 Å². The first kappa shape index (κ1) is 15.7. The normalized spacial score (nSPS) is 12.1. The fraction of sp³-hybridized carbons (Fsp3) is 0.333. The standard InChI is InChI=1S/C9H12BrClN2O4S/c10-7-1-5(12)2-8(9(7)11)18(16,17)13-6(3-14)4-15/h1-2,6,13-15H,3-4,12H2. The summed E-state index contributed by atoms with van der Waals surface area (Å²) in [5.41, 5.74) is 5.76. The van der Waals surface area contributed by atoms with Crippen LogP contribution in [0.1, 0.15) is 0 Å². The predicted octanol–water partition coefficient (Wildman–Crippen LogP) is 0.316. The first-order valence-corrected chi connectivity index (χ1v) is 7.45. The fourth-order valence-corrected chi connectivity index (χ4v) is 3.57. The molecule has 0 saturated heterocycles. The van der Waals surface area contributed by atoms with E-state index in [4.69, 9.17) is 27.5 Å². The van der Waals surface area contributed by atoms with E-state index in [0.717, 1.165) is 0 Å². The number of benzene rings is 1. The maximum atomic E-state index is 12.0. The number of hydrogen-bond donors (Lipinski definition) is 4. The van der Waals surface area contributed by atoms with E-state index in [0.29, 0.717) is 4.47 Å². The van der Waals surface area contributed by atoms with Gasteiger partial charge in [0.05, 0.1) is 24.3 Å². The lowest BCUT2D eigenvalue weighted by molar-refractivity contribution is 0.185. The summed E-state index contributed by atoms with van der Waals surface area (Å²) in [7, 11) is -3.97. The predicted molar refractivity (Wildman–Crippen MR) is 71.8 cm³/mol. The summed E-state index contributed by atoms with van der Waals surface area (Å²) in [5, 5.41) is 17.7. The summed E-state index contributed by atoms with van der Waals surface area (Å²) in [6.45, 7) is -1.06. The Bertz CT molecular complexity index is 534. The van der Waals surface area contributed by atoms with Crippen molar-refractivity contribution in [3.05, 3.63) is 21.6 Å². The van der Waals surface area contributed by atoms with Crippen LogP contribution in [0.15, 0.2) is 21.5 Å². The highest BCUT2D eigenvalue weighted by Crippen LogP contribution is 2.32. The Hall–Kier alpha value is -0.380. The lowest BCUT2D eigenvalue weighted by Gasteiger charge is -2.15. The number of halogens is 2. The van der Waals surface area contributed by atoms with Crippen molar-refractivity contribution in [2.75, 3.05) is 18.9 Å². The van der Waals surface area contributed by atoms with Crippen LogP contribution in [0.2, 0.25) is 5.02 Å². The van der Waals surface area contributed by atoms with Gasteiger partial charge in [0.25, 0.3) is 0 Å². The minimum Gasteiger partial charge on any atom is -0.399 e. The Labute approximate surface area is 118 Å². The third-order valence-electron chi connectivity index (χ3n) is 2.07. The van der Waals surface area contributed by atoms with Gasteiger partial charge in [-0.15, -0.1) is 0 Å². The van der Waals surface area contributed by atoms with Gasteiger partial charge in [-0.1, -0.05) is 11.6 Å². The van der Waals surface area contributed by atoms with Crippen LogP contribution in [-0.2, 0) is 10.0 Å². The van der Waals surface area contributed by atoms with Gasteiger partial charge >= 0.3 is 0 Å². The fourth-order valence-electron chi connectivity index (χ4n) is 1.19. The minimum absolute atomic E-state index is 0.0219. The van der Waals surface area contributed by atoms with E-state index >= 15 is 0 Å². The summed E-state index contributed by atoms with van der Waals surface area (Å²) in [6.07, 6.45) is 0. The maximum Gasteiger partial charge on any atom is 0.242 e. The SMILES string of the molecule is Nc1cc(Br)c(Cl)c(S(=O)(=O)NC(CO)CO)c1. The number of nitrogens with one attached hydrogen (secondary N) is 1. The summed E-state index contributed by atoms with van der Waals surface area (Å²) in [5.74, 6) is 0. The van der Waals surface area contributed by atoms with Crippen molar-refractivity contribution >= 4 is 43.2 Å². The average molecular weight is 360 g/mol. The van der Waals surface area contributed by atoms with E-state index in [1.807, 2.05) is 0 Å². The summed E-state index contributed by atoms with van der Waals surface area (Å²) in [4.78, 5) is -0.219. The topological polar surface area (TPSA) is 113 Å². The highest BCUT2D eigenvalue weighted by Gasteiger charge is 2.23. The summed E-state index contributed by atoms with van der Waals surface area (Å²) in [6, 6.07) is 1.67. The van der Waals surface area contributed by atoms with Crippen molar-refractivity contribution in [2.24, 2.45) is 0 Å². The molecule has 0 radical (unpaired) electrons. The second kappa shape index (κ2) is 6.18. The first-order chi connectivity index (χ1) is 8.31. The molecule has 102 valence electrons. The van der Waals surface area contributed by atoms with Crippen LogP contribution in [0, 0.1) is 0 Å². The number of rotatable bonds is 5. The Morgan fingerprint density at radius 2 is 1.94 bits per heavy atom. The molecule has 0 aliphatic carbocycles. The zero-order valence-electron chi connectivity index (χ0n) is 9.10. The lowest BCUT2D eigenvalue weighted by atomic mass is 10.3. The molecule has 0 aromatic heterocycles. The van der Waals surface area contributed by atoms with Crippen LogP contribution < -0.4 is 10.5 Å². The molecule has 0 aliphatic rings. The monoisotopic (exact) mass is 358 g/mol. The number of sulfonamides is 1. The van der Waals surface area contributed by atoms with Crippen LogP contribution in [0.5, 0.6) is 0 Å². The van der Waals surface area contributed by atoms with Crippen molar-refractivity contribution < 1.29 is 18.6 Å². The molecule has 0 amide bonds. The maximum absolute atomic E-state index is 12.0. The highest BCUT2D eigenvalue weighted by atomic mass is 79.9. The van der Waals surface area contributed by atoms with Gasteiger partial charge in [0, 0.05) is 10.2 Å². The van der Waals surface area contributed by atoms with Gasteiger partial charge in [-0.25, -0.2) is 13.1 Å². The van der Waals surface area contributed by atoms with Crippen molar-refractivity contribution in [3.8, 4) is 0 Å². The zero-order valence-corrected chi connectivity index (χ0v) is 12.3. The molecule has 0 atom stereocenters. The van der Waals surface area contributed by atoms with Crippen molar-refractivity contribution in [1.29, 1.82) is 0 Å². The van der Waals surface area contributed by atoms with E-state index in [-0.39, 0.29) is 15.6 Å². The van der Waals surface area contributed by atoms with Gasteiger partial charge in [-0.2, -0.15) is 0 Å². The van der Waals surface area contributed by atoms with E-state index < -0.39 is 29.3 Å². The van der Waals surface area contributed by atoms with Crippen LogP contribution >= 0.6 is 27.5 Å². The Kier molecular flexibility index (Phi) is 5.38. The molecule has 0 aliphatic heterocycles. The molecule has 6 nitrogen and oxygen atoms in total. The molecule has 0 saturated carbocycles. The van der Waals surface area contributed by atoms with Gasteiger partial charge in [0.1, 0.15) is 4.90 Å². The molecule has 5 N–H and O–H groups in total. The van der Waals surface area contributed by atoms with E-state index in [2.05, 4.69) is 20.7 Å². The van der Waals surface area contributed by atoms with Gasteiger partial charge < -0.3 is 15.9 Å². The zero-order chi connectivity index (χ0) is 13.9. The number of aliphatic hydroxyl groups is 2. The molecule has 0 spiro atoms.